The number of aromatic nitrogens is 3. The van der Waals surface area contributed by atoms with Crippen LogP contribution in [0.4, 0.5) is 17.2 Å². The fraction of sp³-hybridized carbons (Fsp3) is 0.500. The van der Waals surface area contributed by atoms with Gasteiger partial charge >= 0.3 is 0 Å². The summed E-state index contributed by atoms with van der Waals surface area (Å²) in [5, 5.41) is 30.7. The molecule has 7 rings (SSSR count). The number of pyridine rings is 1. The van der Waals surface area contributed by atoms with Crippen LogP contribution >= 0.6 is 0 Å². The highest BCUT2D eigenvalue weighted by atomic mass is 16.5. The average molecular weight is 546 g/mol. The molecule has 0 amide bonds. The van der Waals surface area contributed by atoms with Crippen LogP contribution in [0.5, 0.6) is 11.6 Å². The molecule has 10 nitrogen and oxygen atoms in total. The lowest BCUT2D eigenvalue weighted by atomic mass is 9.96. The Labute approximate surface area is 235 Å². The molecule has 3 aromatic rings. The van der Waals surface area contributed by atoms with Crippen molar-refractivity contribution in [2.45, 2.75) is 69.2 Å². The Bertz CT molecular complexity index is 1280. The fourth-order valence-corrected chi connectivity index (χ4v) is 6.08. The Balaban J connectivity index is 0.000000363. The number of nitrogens with one attached hydrogen (secondary N) is 1. The molecule has 0 spiro atoms. The van der Waals surface area contributed by atoms with E-state index in [1.54, 1.807) is 12.1 Å². The smallest absolute Gasteiger partial charge is 0.215 e. The molecule has 10 heteroatoms. The molecule has 4 aliphatic rings. The number of phenols is 1. The number of phenolic OH excluding ortho intramolecular Hbond substituents is 1. The monoisotopic (exact) mass is 545 g/mol. The van der Waals surface area contributed by atoms with E-state index in [-0.39, 0.29) is 11.9 Å². The molecular weight excluding hydrogens is 506 g/mol. The van der Waals surface area contributed by atoms with E-state index < -0.39 is 0 Å². The predicted molar refractivity (Wildman–Crippen MR) is 156 cm³/mol. The first-order valence-corrected chi connectivity index (χ1v) is 14.5. The van der Waals surface area contributed by atoms with Crippen LogP contribution in [0.1, 0.15) is 44.9 Å². The van der Waals surface area contributed by atoms with Crippen molar-refractivity contribution in [3.8, 4) is 22.9 Å². The van der Waals surface area contributed by atoms with Gasteiger partial charge in [-0.15, -0.1) is 10.2 Å². The van der Waals surface area contributed by atoms with Gasteiger partial charge < -0.3 is 35.8 Å². The number of fused-ring (bicyclic) bond motifs is 2. The molecule has 0 radical (unpaired) electrons. The van der Waals surface area contributed by atoms with E-state index in [1.165, 1.54) is 12.1 Å². The molecule has 212 valence electrons. The standard InChI is InChI=1S/C25H28N6O2.C5H11NO/c26-25-22(13-21(28-29-25)20-6-1-2-7-23(20)32)30-14-17-8-9-18(15-30)31(17)16-10-11-27-24(12-16)33-19-4-3-5-19;7-5-1-3-6-4-2-5/h1-2,6-7,10-13,17-19,32H,3-5,8-9,14-15H2,(H2,26,29);5-7H,1-4H2. The van der Waals surface area contributed by atoms with Crippen LogP contribution in [0.2, 0.25) is 0 Å². The van der Waals surface area contributed by atoms with Crippen molar-refractivity contribution in [3.05, 3.63) is 48.7 Å². The first-order valence-electron chi connectivity index (χ1n) is 14.5. The number of piperazine rings is 1. The van der Waals surface area contributed by atoms with E-state index >= 15 is 0 Å². The second-order valence-corrected chi connectivity index (χ2v) is 11.2. The summed E-state index contributed by atoms with van der Waals surface area (Å²) >= 11 is 0. The van der Waals surface area contributed by atoms with Gasteiger partial charge in [0.1, 0.15) is 11.9 Å². The van der Waals surface area contributed by atoms with E-state index in [9.17, 15) is 5.11 Å². The van der Waals surface area contributed by atoms with Crippen LogP contribution in [0, 0.1) is 0 Å². The maximum Gasteiger partial charge on any atom is 0.215 e. The number of benzene rings is 1. The molecule has 5 N–H and O–H groups in total. The molecule has 40 heavy (non-hydrogen) atoms. The second kappa shape index (κ2) is 11.9. The van der Waals surface area contributed by atoms with E-state index in [0.29, 0.717) is 35.3 Å². The summed E-state index contributed by atoms with van der Waals surface area (Å²) in [4.78, 5) is 9.28. The number of nitrogens with two attached hydrogens (primary N) is 1. The molecule has 1 aromatic carbocycles. The SMILES string of the molecule is Nc1nnc(-c2ccccc2O)cc1N1CC2CCC(C1)N2c1ccnc(OC2CCC2)c1.OC1CCNCC1. The van der Waals surface area contributed by atoms with Gasteiger partial charge in [0.25, 0.3) is 0 Å². The predicted octanol–water partition coefficient (Wildman–Crippen LogP) is 3.35. The normalized spacial score (nSPS) is 22.8. The highest BCUT2D eigenvalue weighted by molar-refractivity contribution is 5.74. The molecule has 3 aliphatic heterocycles. The first-order chi connectivity index (χ1) is 19.5. The van der Waals surface area contributed by atoms with Crippen LogP contribution in [0.3, 0.4) is 0 Å². The number of aromatic hydroxyl groups is 1. The van der Waals surface area contributed by atoms with Gasteiger partial charge in [-0.25, -0.2) is 4.98 Å². The van der Waals surface area contributed by atoms with Crippen molar-refractivity contribution < 1.29 is 14.9 Å². The largest absolute Gasteiger partial charge is 0.507 e. The van der Waals surface area contributed by atoms with Crippen molar-refractivity contribution in [1.82, 2.24) is 20.5 Å². The number of aliphatic hydroxyl groups is 1. The number of anilines is 3. The Kier molecular flexibility index (Phi) is 7.88. The summed E-state index contributed by atoms with van der Waals surface area (Å²) in [6.07, 6.45) is 9.77. The minimum absolute atomic E-state index is 0.0266. The van der Waals surface area contributed by atoms with Crippen LogP contribution in [0.15, 0.2) is 48.7 Å². The number of para-hydroxylation sites is 1. The summed E-state index contributed by atoms with van der Waals surface area (Å²) in [6.45, 7) is 3.68. The molecule has 4 fully saturated rings. The van der Waals surface area contributed by atoms with E-state index in [2.05, 4.69) is 42.4 Å². The molecule has 5 heterocycles. The average Bonchev–Trinajstić information content (AvgIpc) is 3.21. The van der Waals surface area contributed by atoms with E-state index in [1.807, 2.05) is 24.4 Å². The highest BCUT2D eigenvalue weighted by Gasteiger charge is 2.41. The minimum atomic E-state index is -0.0266. The number of nitrogens with zero attached hydrogens (tertiary/aromatic N) is 5. The van der Waals surface area contributed by atoms with Crippen molar-refractivity contribution in [1.29, 1.82) is 0 Å². The maximum atomic E-state index is 10.3. The molecule has 2 aromatic heterocycles. The van der Waals surface area contributed by atoms with Crippen LogP contribution in [-0.4, -0.2) is 75.9 Å². The Morgan fingerprint density at radius 1 is 0.925 bits per heavy atom. The van der Waals surface area contributed by atoms with Crippen LogP contribution in [-0.2, 0) is 0 Å². The van der Waals surface area contributed by atoms with Gasteiger partial charge in [-0.1, -0.05) is 12.1 Å². The lowest BCUT2D eigenvalue weighted by molar-refractivity contribution is 0.114. The molecule has 1 saturated carbocycles. The molecule has 2 bridgehead atoms. The number of hydrogen-bond donors (Lipinski definition) is 4. The Hall–Kier alpha value is -3.63. The third-order valence-corrected chi connectivity index (χ3v) is 8.47. The number of ether oxygens (including phenoxy) is 1. The minimum Gasteiger partial charge on any atom is -0.507 e. The maximum absolute atomic E-state index is 10.3. The van der Waals surface area contributed by atoms with Gasteiger partial charge in [0.2, 0.25) is 5.88 Å². The molecule has 3 saturated heterocycles. The van der Waals surface area contributed by atoms with Gasteiger partial charge in [0.05, 0.1) is 17.5 Å². The zero-order valence-corrected chi connectivity index (χ0v) is 22.8. The number of hydrogen-bond acceptors (Lipinski definition) is 10. The van der Waals surface area contributed by atoms with Crippen molar-refractivity contribution >= 4 is 17.2 Å². The second-order valence-electron chi connectivity index (χ2n) is 11.2. The zero-order chi connectivity index (χ0) is 27.5. The highest BCUT2D eigenvalue weighted by Crippen LogP contribution is 2.39. The van der Waals surface area contributed by atoms with Gasteiger partial charge in [-0.2, -0.15) is 0 Å². The van der Waals surface area contributed by atoms with Gasteiger partial charge in [0.15, 0.2) is 5.82 Å². The summed E-state index contributed by atoms with van der Waals surface area (Å²) in [6, 6.07) is 14.1. The quantitative estimate of drug-likeness (QED) is 0.378. The number of aliphatic hydroxyl groups excluding tert-OH is 1. The third-order valence-electron chi connectivity index (χ3n) is 8.47. The summed E-state index contributed by atoms with van der Waals surface area (Å²) in [5.74, 6) is 1.33. The van der Waals surface area contributed by atoms with Gasteiger partial charge in [-0.05, 0) is 82.3 Å². The summed E-state index contributed by atoms with van der Waals surface area (Å²) in [5.41, 5.74) is 9.60. The number of piperidine rings is 1. The Morgan fingerprint density at radius 2 is 1.68 bits per heavy atom. The lowest BCUT2D eigenvalue weighted by Crippen LogP contribution is -2.54. The van der Waals surface area contributed by atoms with Crippen molar-refractivity contribution in [2.75, 3.05) is 41.7 Å². The summed E-state index contributed by atoms with van der Waals surface area (Å²) < 4.78 is 6.04. The topological polar surface area (TPSA) is 133 Å². The third kappa shape index (κ3) is 5.78. The van der Waals surface area contributed by atoms with Gasteiger partial charge in [-0.3, -0.25) is 0 Å². The van der Waals surface area contributed by atoms with Crippen molar-refractivity contribution in [3.63, 3.8) is 0 Å². The molecular formula is C30H39N7O3. The molecule has 2 atom stereocenters. The van der Waals surface area contributed by atoms with Crippen LogP contribution < -0.4 is 25.6 Å². The molecule has 2 unspecified atom stereocenters. The Morgan fingerprint density at radius 3 is 2.33 bits per heavy atom. The van der Waals surface area contributed by atoms with E-state index in [4.69, 9.17) is 15.6 Å². The fourth-order valence-electron chi connectivity index (χ4n) is 6.08. The summed E-state index contributed by atoms with van der Waals surface area (Å²) in [7, 11) is 0. The van der Waals surface area contributed by atoms with E-state index in [0.717, 1.165) is 76.3 Å². The van der Waals surface area contributed by atoms with Crippen molar-refractivity contribution in [2.24, 2.45) is 0 Å². The van der Waals surface area contributed by atoms with Gasteiger partial charge in [0, 0.05) is 48.7 Å². The zero-order valence-electron chi connectivity index (χ0n) is 22.8. The van der Waals surface area contributed by atoms with Crippen LogP contribution in [0.25, 0.3) is 11.3 Å². The lowest BCUT2D eigenvalue weighted by Gasteiger charge is -2.43. The number of nitrogen functional groups attached to an aromatic ring is 1. The number of rotatable bonds is 5. The first kappa shape index (κ1) is 26.6. The molecule has 1 aliphatic carbocycles.